The quantitative estimate of drug-likeness (QED) is 0.204. The second-order valence-electron chi connectivity index (χ2n) is 13.1. The third-order valence-corrected chi connectivity index (χ3v) is 10.2. The summed E-state index contributed by atoms with van der Waals surface area (Å²) >= 11 is 0. The minimum absolute atomic E-state index is 0.108. The number of halogens is 1. The lowest BCUT2D eigenvalue weighted by atomic mass is 9.76. The number of aryl methyl sites for hydroxylation is 1. The van der Waals surface area contributed by atoms with Gasteiger partial charge in [0, 0.05) is 32.0 Å². The van der Waals surface area contributed by atoms with Gasteiger partial charge in [-0.05, 0) is 81.0 Å². The number of nitrogens with zero attached hydrogens (tertiary/aromatic N) is 3. The van der Waals surface area contributed by atoms with E-state index in [9.17, 15) is 18.8 Å². The molecule has 13 heteroatoms. The second-order valence-corrected chi connectivity index (χ2v) is 13.1. The lowest BCUT2D eigenvalue weighted by Crippen LogP contribution is -2.57. The fourth-order valence-electron chi connectivity index (χ4n) is 7.32. The number of imidazole rings is 1. The van der Waals surface area contributed by atoms with Gasteiger partial charge in [-0.3, -0.25) is 19.1 Å². The zero-order valence-corrected chi connectivity index (χ0v) is 27.2. The van der Waals surface area contributed by atoms with Crippen molar-refractivity contribution in [3.8, 4) is 5.75 Å². The summed E-state index contributed by atoms with van der Waals surface area (Å²) in [6.45, 7) is 4.82. The number of aromatic nitrogens is 4. The molecule has 252 valence electrons. The average molecular weight is 658 g/mol. The Morgan fingerprint density at radius 3 is 2.67 bits per heavy atom. The number of benzene rings is 2. The number of hydrogen-bond acceptors (Lipinski definition) is 7. The first-order valence-electron chi connectivity index (χ1n) is 16.6. The number of H-pyrrole nitrogens is 1. The number of nitrogens with one attached hydrogen (secondary N) is 4. The van der Waals surface area contributed by atoms with Gasteiger partial charge in [0.25, 0.3) is 5.91 Å². The molecule has 0 radical (unpaired) electrons. The standard InChI is InChI=1S/C35H40FN7O5/c1-4-37-33(45)29(20-6-5-7-20)42-34(46)35(13-15-47-18-35)21-8-10-24-25(16-21)40-31(39-24)30(41-32(44)26-12-14-38-43(26)3)28-19(2)48-27-11-9-22(36)17-23(27)28/h8-12,14,16-17,19-20,28-30H,4-7,13,15,18H2,1-3H3,(H,37,45)(H,39,40)(H,41,44)(H,42,46)/t19?,28-,29+,30-,35?/m0/s1. The van der Waals surface area contributed by atoms with Gasteiger partial charge < -0.3 is 30.4 Å². The van der Waals surface area contributed by atoms with Gasteiger partial charge in [-0.15, -0.1) is 0 Å². The minimum Gasteiger partial charge on any atom is -0.490 e. The Bertz CT molecular complexity index is 1860. The van der Waals surface area contributed by atoms with Gasteiger partial charge in [0.1, 0.15) is 35.2 Å². The van der Waals surface area contributed by atoms with E-state index < -0.39 is 35.3 Å². The fraction of sp³-hybridized carbons (Fsp3) is 0.457. The first-order valence-corrected chi connectivity index (χ1v) is 16.6. The summed E-state index contributed by atoms with van der Waals surface area (Å²) in [6, 6.07) is 10.3. The van der Waals surface area contributed by atoms with Crippen LogP contribution in [0.2, 0.25) is 0 Å². The molecule has 5 atom stereocenters. The molecule has 48 heavy (non-hydrogen) atoms. The van der Waals surface area contributed by atoms with Crippen LogP contribution in [0.5, 0.6) is 5.75 Å². The summed E-state index contributed by atoms with van der Waals surface area (Å²) in [7, 11) is 1.68. The summed E-state index contributed by atoms with van der Waals surface area (Å²) < 4.78 is 27.9. The van der Waals surface area contributed by atoms with Crippen LogP contribution in [0, 0.1) is 11.7 Å². The molecule has 2 fully saturated rings. The molecule has 7 rings (SSSR count). The van der Waals surface area contributed by atoms with Crippen molar-refractivity contribution in [1.29, 1.82) is 0 Å². The molecule has 4 heterocycles. The largest absolute Gasteiger partial charge is 0.490 e. The number of amides is 3. The van der Waals surface area contributed by atoms with Crippen molar-refractivity contribution in [2.24, 2.45) is 13.0 Å². The predicted octanol–water partition coefficient (Wildman–Crippen LogP) is 3.55. The molecule has 4 aromatic rings. The first kappa shape index (κ1) is 31.8. The Balaban J connectivity index is 1.24. The van der Waals surface area contributed by atoms with Gasteiger partial charge in [0.2, 0.25) is 11.8 Å². The van der Waals surface area contributed by atoms with Crippen LogP contribution in [0.15, 0.2) is 48.7 Å². The molecular weight excluding hydrogens is 617 g/mol. The molecule has 1 saturated carbocycles. The van der Waals surface area contributed by atoms with Gasteiger partial charge in [0.15, 0.2) is 0 Å². The monoisotopic (exact) mass is 657 g/mol. The van der Waals surface area contributed by atoms with Crippen LogP contribution in [0.3, 0.4) is 0 Å². The van der Waals surface area contributed by atoms with E-state index in [-0.39, 0.29) is 30.2 Å². The van der Waals surface area contributed by atoms with Crippen molar-refractivity contribution in [2.45, 2.75) is 69.1 Å². The highest BCUT2D eigenvalue weighted by molar-refractivity contribution is 5.95. The lowest BCUT2D eigenvalue weighted by Gasteiger charge is -2.36. The molecule has 3 amide bonds. The van der Waals surface area contributed by atoms with E-state index in [1.165, 1.54) is 16.8 Å². The van der Waals surface area contributed by atoms with Crippen LogP contribution < -0.4 is 20.7 Å². The highest BCUT2D eigenvalue weighted by Gasteiger charge is 2.47. The second kappa shape index (κ2) is 12.7. The SMILES string of the molecule is CCNC(=O)[C@H](NC(=O)C1(c2ccc3nc([C@@H](NC(=O)c4ccnn4C)[C@@H]4c5cc(F)ccc5OC4C)[nH]c3c2)CCOC1)C1CCC1. The summed E-state index contributed by atoms with van der Waals surface area (Å²) in [5, 5.41) is 13.2. The van der Waals surface area contributed by atoms with E-state index in [1.54, 1.807) is 25.4 Å². The molecule has 0 spiro atoms. The van der Waals surface area contributed by atoms with E-state index in [0.29, 0.717) is 53.4 Å². The normalized spacial score (nSPS) is 23.2. The van der Waals surface area contributed by atoms with Gasteiger partial charge in [0.05, 0.1) is 35.0 Å². The molecule has 3 aliphatic rings. The zero-order chi connectivity index (χ0) is 33.6. The minimum atomic E-state index is -0.995. The maximum Gasteiger partial charge on any atom is 0.270 e. The summed E-state index contributed by atoms with van der Waals surface area (Å²) in [5.41, 5.74) is 2.02. The number of carbonyl (C=O) groups excluding carboxylic acids is 3. The van der Waals surface area contributed by atoms with Crippen LogP contribution in [0.4, 0.5) is 4.39 Å². The number of fused-ring (bicyclic) bond motifs is 2. The van der Waals surface area contributed by atoms with Crippen LogP contribution in [0.25, 0.3) is 11.0 Å². The van der Waals surface area contributed by atoms with E-state index >= 15 is 0 Å². The molecule has 0 bridgehead atoms. The van der Waals surface area contributed by atoms with E-state index in [4.69, 9.17) is 14.5 Å². The van der Waals surface area contributed by atoms with Crippen LogP contribution in [-0.2, 0) is 26.8 Å². The Labute approximate surface area is 277 Å². The summed E-state index contributed by atoms with van der Waals surface area (Å²) in [6.07, 6.45) is 4.43. The highest BCUT2D eigenvalue weighted by Crippen LogP contribution is 2.45. The molecular formula is C35H40FN7O5. The smallest absolute Gasteiger partial charge is 0.270 e. The third-order valence-electron chi connectivity index (χ3n) is 10.2. The molecule has 12 nitrogen and oxygen atoms in total. The number of hydrogen-bond donors (Lipinski definition) is 4. The predicted molar refractivity (Wildman–Crippen MR) is 174 cm³/mol. The molecule has 4 N–H and O–H groups in total. The highest BCUT2D eigenvalue weighted by atomic mass is 19.1. The fourth-order valence-corrected chi connectivity index (χ4v) is 7.32. The zero-order valence-electron chi connectivity index (χ0n) is 27.2. The van der Waals surface area contributed by atoms with Crippen molar-refractivity contribution >= 4 is 28.8 Å². The Kier molecular flexibility index (Phi) is 8.40. The van der Waals surface area contributed by atoms with Crippen molar-refractivity contribution < 1.29 is 28.2 Å². The maximum absolute atomic E-state index is 14.5. The lowest BCUT2D eigenvalue weighted by molar-refractivity contribution is -0.134. The first-order chi connectivity index (χ1) is 23.2. The Morgan fingerprint density at radius 2 is 1.98 bits per heavy atom. The summed E-state index contributed by atoms with van der Waals surface area (Å²) in [4.78, 5) is 48.9. The number of rotatable bonds is 10. The van der Waals surface area contributed by atoms with Crippen molar-refractivity contribution in [2.75, 3.05) is 19.8 Å². The van der Waals surface area contributed by atoms with Gasteiger partial charge in [-0.2, -0.15) is 5.10 Å². The Morgan fingerprint density at radius 1 is 1.15 bits per heavy atom. The van der Waals surface area contributed by atoms with E-state index in [0.717, 1.165) is 24.8 Å². The maximum atomic E-state index is 14.5. The number of likely N-dealkylation sites (N-methyl/N-ethyl adjacent to an activating group) is 1. The molecule has 2 aliphatic heterocycles. The topological polar surface area (TPSA) is 152 Å². The molecule has 2 aromatic heterocycles. The number of aromatic amines is 1. The Hall–Kier alpha value is -4.78. The molecule has 1 saturated heterocycles. The van der Waals surface area contributed by atoms with Crippen LogP contribution in [-0.4, -0.2) is 69.4 Å². The van der Waals surface area contributed by atoms with Crippen molar-refractivity contribution in [3.63, 3.8) is 0 Å². The number of carbonyl (C=O) groups is 3. The molecule has 1 aliphatic carbocycles. The van der Waals surface area contributed by atoms with Crippen LogP contribution >= 0.6 is 0 Å². The average Bonchev–Trinajstić information content (AvgIpc) is 3.84. The molecule has 2 unspecified atom stereocenters. The van der Waals surface area contributed by atoms with Gasteiger partial charge >= 0.3 is 0 Å². The third kappa shape index (κ3) is 5.59. The summed E-state index contributed by atoms with van der Waals surface area (Å²) in [5.74, 6) is -0.529. The van der Waals surface area contributed by atoms with E-state index in [1.807, 2.05) is 32.0 Å². The number of ether oxygens (including phenoxy) is 2. The van der Waals surface area contributed by atoms with E-state index in [2.05, 4.69) is 26.0 Å². The van der Waals surface area contributed by atoms with Crippen molar-refractivity contribution in [1.82, 2.24) is 35.7 Å². The molecule has 2 aromatic carbocycles. The van der Waals surface area contributed by atoms with Crippen molar-refractivity contribution in [3.05, 3.63) is 77.1 Å². The van der Waals surface area contributed by atoms with Gasteiger partial charge in [-0.25, -0.2) is 9.37 Å². The van der Waals surface area contributed by atoms with Gasteiger partial charge in [-0.1, -0.05) is 12.5 Å². The van der Waals surface area contributed by atoms with Crippen LogP contribution in [0.1, 0.15) is 78.9 Å².